The predicted molar refractivity (Wildman–Crippen MR) is 87.7 cm³/mol. The van der Waals surface area contributed by atoms with Crippen molar-refractivity contribution in [1.29, 1.82) is 0 Å². The zero-order chi connectivity index (χ0) is 14.9. The second kappa shape index (κ2) is 8.51. The van der Waals surface area contributed by atoms with Gasteiger partial charge in [0.05, 0.1) is 4.88 Å². The van der Waals surface area contributed by atoms with Gasteiger partial charge in [-0.3, -0.25) is 0 Å². The van der Waals surface area contributed by atoms with E-state index >= 15 is 0 Å². The maximum absolute atomic E-state index is 8.75. The summed E-state index contributed by atoms with van der Waals surface area (Å²) >= 11 is 1.62. The molecule has 1 aromatic carbocycles. The van der Waals surface area contributed by atoms with Crippen molar-refractivity contribution in [3.05, 3.63) is 51.7 Å². The highest BCUT2D eigenvalue weighted by molar-refractivity contribution is 7.10. The van der Waals surface area contributed by atoms with Crippen molar-refractivity contribution >= 4 is 11.3 Å². The molecule has 0 aliphatic heterocycles. The standard InChI is InChI=1S/C18H20O2S/c1-2-3-5-15-7-9-17(10-8-15)20-14-18-16(6-4-12-19)11-13-21-18/h7-11,13,19H,2-3,5,12,14H2,1H3. The first kappa shape index (κ1) is 15.6. The fourth-order valence-electron chi connectivity index (χ4n) is 1.98. The summed E-state index contributed by atoms with van der Waals surface area (Å²) in [5, 5.41) is 10.7. The summed E-state index contributed by atoms with van der Waals surface area (Å²) in [6, 6.07) is 10.3. The molecule has 1 N–H and O–H groups in total. The molecule has 0 fully saturated rings. The van der Waals surface area contributed by atoms with Gasteiger partial charge in [0.25, 0.3) is 0 Å². The van der Waals surface area contributed by atoms with Crippen LogP contribution in [-0.2, 0) is 13.0 Å². The van der Waals surface area contributed by atoms with E-state index in [0.717, 1.165) is 22.6 Å². The number of rotatable bonds is 6. The van der Waals surface area contributed by atoms with Gasteiger partial charge in [-0.2, -0.15) is 0 Å². The average molecular weight is 300 g/mol. The molecule has 0 atom stereocenters. The van der Waals surface area contributed by atoms with Crippen LogP contribution in [0.25, 0.3) is 0 Å². The van der Waals surface area contributed by atoms with Crippen LogP contribution < -0.4 is 4.74 Å². The molecule has 0 saturated carbocycles. The van der Waals surface area contributed by atoms with Crippen LogP contribution >= 0.6 is 11.3 Å². The van der Waals surface area contributed by atoms with Crippen molar-refractivity contribution in [2.24, 2.45) is 0 Å². The lowest BCUT2D eigenvalue weighted by Crippen LogP contribution is -1.95. The molecule has 0 unspecified atom stereocenters. The normalized spacial score (nSPS) is 10.0. The van der Waals surface area contributed by atoms with Crippen LogP contribution in [-0.4, -0.2) is 11.7 Å². The van der Waals surface area contributed by atoms with E-state index in [1.165, 1.54) is 18.4 Å². The van der Waals surface area contributed by atoms with E-state index in [9.17, 15) is 0 Å². The maximum Gasteiger partial charge on any atom is 0.124 e. The summed E-state index contributed by atoms with van der Waals surface area (Å²) in [6.45, 7) is 2.60. The number of hydrogen-bond donors (Lipinski definition) is 1. The van der Waals surface area contributed by atoms with Crippen molar-refractivity contribution in [2.45, 2.75) is 32.8 Å². The molecular weight excluding hydrogens is 280 g/mol. The van der Waals surface area contributed by atoms with Gasteiger partial charge in [0.1, 0.15) is 19.0 Å². The minimum absolute atomic E-state index is 0.116. The van der Waals surface area contributed by atoms with Gasteiger partial charge in [-0.25, -0.2) is 0 Å². The molecule has 0 spiro atoms. The van der Waals surface area contributed by atoms with Crippen LogP contribution in [0, 0.1) is 11.8 Å². The molecular formula is C18H20O2S. The van der Waals surface area contributed by atoms with Gasteiger partial charge in [0.2, 0.25) is 0 Å². The largest absolute Gasteiger partial charge is 0.488 e. The molecule has 1 heterocycles. The van der Waals surface area contributed by atoms with E-state index in [2.05, 4.69) is 30.9 Å². The Kier molecular flexibility index (Phi) is 6.33. The molecule has 2 nitrogen and oxygen atoms in total. The highest BCUT2D eigenvalue weighted by Crippen LogP contribution is 2.20. The van der Waals surface area contributed by atoms with Crippen molar-refractivity contribution in [3.63, 3.8) is 0 Å². The van der Waals surface area contributed by atoms with Crippen molar-refractivity contribution in [2.75, 3.05) is 6.61 Å². The first-order chi connectivity index (χ1) is 10.3. The number of ether oxygens (including phenoxy) is 1. The quantitative estimate of drug-likeness (QED) is 0.817. The average Bonchev–Trinajstić information content (AvgIpc) is 2.97. The predicted octanol–water partition coefficient (Wildman–Crippen LogP) is 4.01. The lowest BCUT2D eigenvalue weighted by Gasteiger charge is -2.06. The summed E-state index contributed by atoms with van der Waals surface area (Å²) in [5.74, 6) is 6.49. The Morgan fingerprint density at radius 1 is 1.19 bits per heavy atom. The van der Waals surface area contributed by atoms with Gasteiger partial charge >= 0.3 is 0 Å². The third-order valence-electron chi connectivity index (χ3n) is 3.16. The summed E-state index contributed by atoms with van der Waals surface area (Å²) in [6.07, 6.45) is 3.57. The van der Waals surface area contributed by atoms with Gasteiger partial charge in [-0.15, -0.1) is 11.3 Å². The number of aryl methyl sites for hydroxylation is 1. The Morgan fingerprint density at radius 2 is 2.00 bits per heavy atom. The van der Waals surface area contributed by atoms with Gasteiger partial charge in [-0.05, 0) is 42.0 Å². The van der Waals surface area contributed by atoms with Crippen LogP contribution in [0.1, 0.15) is 35.8 Å². The van der Waals surface area contributed by atoms with Crippen LogP contribution in [0.4, 0.5) is 0 Å². The van der Waals surface area contributed by atoms with Crippen LogP contribution in [0.15, 0.2) is 35.7 Å². The molecule has 0 aliphatic carbocycles. The zero-order valence-electron chi connectivity index (χ0n) is 12.3. The third-order valence-corrected chi connectivity index (χ3v) is 4.05. The molecule has 21 heavy (non-hydrogen) atoms. The molecule has 1 aromatic heterocycles. The van der Waals surface area contributed by atoms with Gasteiger partial charge < -0.3 is 9.84 Å². The maximum atomic E-state index is 8.75. The molecule has 0 aliphatic rings. The van der Waals surface area contributed by atoms with E-state index in [-0.39, 0.29) is 6.61 Å². The molecule has 0 radical (unpaired) electrons. The number of aliphatic hydroxyl groups excluding tert-OH is 1. The Morgan fingerprint density at radius 3 is 2.71 bits per heavy atom. The smallest absolute Gasteiger partial charge is 0.124 e. The topological polar surface area (TPSA) is 29.5 Å². The minimum Gasteiger partial charge on any atom is -0.488 e. The first-order valence-electron chi connectivity index (χ1n) is 7.21. The zero-order valence-corrected chi connectivity index (χ0v) is 13.1. The summed E-state index contributed by atoms with van der Waals surface area (Å²) in [7, 11) is 0. The lowest BCUT2D eigenvalue weighted by atomic mass is 10.1. The van der Waals surface area contributed by atoms with E-state index in [0.29, 0.717) is 6.61 Å². The highest BCUT2D eigenvalue weighted by atomic mass is 32.1. The monoisotopic (exact) mass is 300 g/mol. The lowest BCUT2D eigenvalue weighted by molar-refractivity contribution is 0.309. The molecule has 0 amide bonds. The second-order valence-electron chi connectivity index (χ2n) is 4.75. The van der Waals surface area contributed by atoms with Gasteiger partial charge in [0, 0.05) is 5.56 Å². The van der Waals surface area contributed by atoms with Crippen LogP contribution in [0.2, 0.25) is 0 Å². The Labute approximate surface area is 130 Å². The fourth-order valence-corrected chi connectivity index (χ4v) is 2.72. The fraction of sp³-hybridized carbons (Fsp3) is 0.333. The summed E-state index contributed by atoms with van der Waals surface area (Å²) in [4.78, 5) is 1.09. The Bertz CT molecular complexity index is 602. The second-order valence-corrected chi connectivity index (χ2v) is 5.75. The van der Waals surface area contributed by atoms with E-state index < -0.39 is 0 Å². The van der Waals surface area contributed by atoms with E-state index in [4.69, 9.17) is 9.84 Å². The van der Waals surface area contributed by atoms with Crippen molar-refractivity contribution in [1.82, 2.24) is 0 Å². The van der Waals surface area contributed by atoms with E-state index in [1.807, 2.05) is 23.6 Å². The third kappa shape index (κ3) is 4.93. The number of benzene rings is 1. The highest BCUT2D eigenvalue weighted by Gasteiger charge is 2.03. The Hall–Kier alpha value is -1.76. The minimum atomic E-state index is -0.116. The van der Waals surface area contributed by atoms with Gasteiger partial charge in [0.15, 0.2) is 0 Å². The van der Waals surface area contributed by atoms with Crippen LogP contribution in [0.3, 0.4) is 0 Å². The molecule has 110 valence electrons. The van der Waals surface area contributed by atoms with Crippen molar-refractivity contribution < 1.29 is 9.84 Å². The first-order valence-corrected chi connectivity index (χ1v) is 8.09. The van der Waals surface area contributed by atoms with Crippen LogP contribution in [0.5, 0.6) is 5.75 Å². The SMILES string of the molecule is CCCCc1ccc(OCc2sccc2C#CCO)cc1. The molecule has 0 saturated heterocycles. The summed E-state index contributed by atoms with van der Waals surface area (Å²) < 4.78 is 5.81. The number of thiophene rings is 1. The van der Waals surface area contributed by atoms with Gasteiger partial charge in [-0.1, -0.05) is 37.3 Å². The molecule has 0 bridgehead atoms. The molecule has 2 aromatic rings. The van der Waals surface area contributed by atoms with E-state index in [1.54, 1.807) is 11.3 Å². The number of aliphatic hydroxyl groups is 1. The van der Waals surface area contributed by atoms with Crippen molar-refractivity contribution in [3.8, 4) is 17.6 Å². The number of unbranched alkanes of at least 4 members (excludes halogenated alkanes) is 1. The Balaban J connectivity index is 1.92. The summed E-state index contributed by atoms with van der Waals surface area (Å²) in [5.41, 5.74) is 2.29. The number of hydrogen-bond acceptors (Lipinski definition) is 3. The molecule has 3 heteroatoms. The molecule has 2 rings (SSSR count).